The van der Waals surface area contributed by atoms with Gasteiger partial charge in [-0.2, -0.15) is 0 Å². The molecule has 64 valence electrons. The molecule has 0 unspecified atom stereocenters. The van der Waals surface area contributed by atoms with Gasteiger partial charge in [0.1, 0.15) is 0 Å². The Morgan fingerprint density at radius 1 is 1.67 bits per heavy atom. The maximum Gasteiger partial charge on any atom is 0.165 e. The standard InChI is InChI=1S/C8H8ClFN2/c9-3-1-2-6-4-7(10)8(11)12-5-6/h1-2,4-5H,3H2,(H2,11,12). The van der Waals surface area contributed by atoms with Crippen molar-refractivity contribution in [2.45, 2.75) is 0 Å². The predicted octanol–water partition coefficient (Wildman–Crippen LogP) is 2.05. The SMILES string of the molecule is Nc1ncc(C=CCCl)cc1F. The molecule has 0 spiro atoms. The summed E-state index contributed by atoms with van der Waals surface area (Å²) in [6, 6.07) is 1.31. The van der Waals surface area contributed by atoms with Crippen LogP contribution in [0.3, 0.4) is 0 Å². The van der Waals surface area contributed by atoms with E-state index in [0.29, 0.717) is 11.4 Å². The van der Waals surface area contributed by atoms with Gasteiger partial charge >= 0.3 is 0 Å². The first kappa shape index (κ1) is 9.00. The van der Waals surface area contributed by atoms with Crippen LogP contribution in [-0.4, -0.2) is 10.9 Å². The second-order valence-corrected chi connectivity index (χ2v) is 2.50. The third-order valence-corrected chi connectivity index (χ3v) is 1.47. The Morgan fingerprint density at radius 3 is 3.00 bits per heavy atom. The van der Waals surface area contributed by atoms with Crippen molar-refractivity contribution < 1.29 is 4.39 Å². The van der Waals surface area contributed by atoms with Gasteiger partial charge in [-0.15, -0.1) is 11.6 Å². The lowest BCUT2D eigenvalue weighted by molar-refractivity contribution is 0.627. The number of hydrogen-bond acceptors (Lipinski definition) is 2. The van der Waals surface area contributed by atoms with Crippen LogP contribution in [0.15, 0.2) is 18.3 Å². The first-order valence-corrected chi connectivity index (χ1v) is 3.91. The summed E-state index contributed by atoms with van der Waals surface area (Å²) in [5, 5.41) is 0. The molecule has 0 aromatic carbocycles. The van der Waals surface area contributed by atoms with E-state index in [-0.39, 0.29) is 5.82 Å². The number of nitrogen functional groups attached to an aromatic ring is 1. The van der Waals surface area contributed by atoms with Gasteiger partial charge in [-0.3, -0.25) is 0 Å². The monoisotopic (exact) mass is 186 g/mol. The Bertz CT molecular complexity index is 299. The topological polar surface area (TPSA) is 38.9 Å². The average molecular weight is 187 g/mol. The van der Waals surface area contributed by atoms with E-state index < -0.39 is 5.82 Å². The van der Waals surface area contributed by atoms with Crippen LogP contribution in [0.1, 0.15) is 5.56 Å². The molecule has 0 aliphatic heterocycles. The molecule has 2 N–H and O–H groups in total. The largest absolute Gasteiger partial charge is 0.381 e. The number of rotatable bonds is 2. The van der Waals surface area contributed by atoms with Gasteiger partial charge in [0.05, 0.1) is 0 Å². The zero-order valence-electron chi connectivity index (χ0n) is 6.30. The third-order valence-electron chi connectivity index (χ3n) is 1.29. The molecule has 0 radical (unpaired) electrons. The van der Waals surface area contributed by atoms with Crippen molar-refractivity contribution in [2.75, 3.05) is 11.6 Å². The van der Waals surface area contributed by atoms with Gasteiger partial charge in [0.2, 0.25) is 0 Å². The Balaban J connectivity index is 2.89. The third kappa shape index (κ3) is 2.20. The fourth-order valence-electron chi connectivity index (χ4n) is 0.735. The molecule has 1 aromatic rings. The van der Waals surface area contributed by atoms with Gasteiger partial charge in [-0.05, 0) is 11.6 Å². The van der Waals surface area contributed by atoms with E-state index >= 15 is 0 Å². The van der Waals surface area contributed by atoms with Crippen molar-refractivity contribution in [1.82, 2.24) is 4.98 Å². The summed E-state index contributed by atoms with van der Waals surface area (Å²) in [7, 11) is 0. The molecule has 0 atom stereocenters. The number of allylic oxidation sites excluding steroid dienone is 1. The van der Waals surface area contributed by atoms with E-state index in [1.54, 1.807) is 12.2 Å². The van der Waals surface area contributed by atoms with Crippen LogP contribution in [0.2, 0.25) is 0 Å². The molecule has 1 aromatic heterocycles. The second-order valence-electron chi connectivity index (χ2n) is 2.19. The number of anilines is 1. The van der Waals surface area contributed by atoms with E-state index in [1.807, 2.05) is 0 Å². The van der Waals surface area contributed by atoms with Crippen LogP contribution in [0.5, 0.6) is 0 Å². The number of halogens is 2. The van der Waals surface area contributed by atoms with Gasteiger partial charge in [0.25, 0.3) is 0 Å². The number of pyridine rings is 1. The maximum absolute atomic E-state index is 12.8. The highest BCUT2D eigenvalue weighted by atomic mass is 35.5. The fourth-order valence-corrected chi connectivity index (χ4v) is 0.824. The minimum absolute atomic E-state index is 0.0852. The van der Waals surface area contributed by atoms with E-state index in [0.717, 1.165) is 0 Å². The van der Waals surface area contributed by atoms with Crippen LogP contribution in [0.4, 0.5) is 10.2 Å². The Morgan fingerprint density at radius 2 is 2.42 bits per heavy atom. The quantitative estimate of drug-likeness (QED) is 0.718. The van der Waals surface area contributed by atoms with E-state index in [1.165, 1.54) is 12.3 Å². The molecular formula is C8H8ClFN2. The number of hydrogen-bond donors (Lipinski definition) is 1. The summed E-state index contributed by atoms with van der Waals surface area (Å²) >= 11 is 5.40. The van der Waals surface area contributed by atoms with Gasteiger partial charge < -0.3 is 5.73 Å². The zero-order valence-corrected chi connectivity index (χ0v) is 7.05. The molecule has 4 heteroatoms. The summed E-state index contributed by atoms with van der Waals surface area (Å²) in [6.45, 7) is 0. The highest BCUT2D eigenvalue weighted by Gasteiger charge is 1.97. The first-order valence-electron chi connectivity index (χ1n) is 3.37. The lowest BCUT2D eigenvalue weighted by Crippen LogP contribution is -1.94. The van der Waals surface area contributed by atoms with Crippen molar-refractivity contribution >= 4 is 23.5 Å². The summed E-state index contributed by atoms with van der Waals surface area (Å²) < 4.78 is 12.8. The van der Waals surface area contributed by atoms with Gasteiger partial charge in [-0.1, -0.05) is 12.2 Å². The lowest BCUT2D eigenvalue weighted by Gasteiger charge is -1.95. The molecule has 0 amide bonds. The number of aromatic nitrogens is 1. The zero-order chi connectivity index (χ0) is 8.97. The molecule has 0 saturated heterocycles. The Kier molecular flexibility index (Phi) is 3.05. The van der Waals surface area contributed by atoms with Gasteiger partial charge in [0.15, 0.2) is 11.6 Å². The first-order chi connectivity index (χ1) is 5.74. The fraction of sp³-hybridized carbons (Fsp3) is 0.125. The van der Waals surface area contributed by atoms with E-state index in [4.69, 9.17) is 17.3 Å². The molecule has 1 rings (SSSR count). The molecule has 0 aliphatic carbocycles. The molecule has 12 heavy (non-hydrogen) atoms. The molecule has 0 fully saturated rings. The molecular weight excluding hydrogens is 179 g/mol. The van der Waals surface area contributed by atoms with Crippen LogP contribution in [-0.2, 0) is 0 Å². The molecule has 0 bridgehead atoms. The molecule has 0 saturated carbocycles. The van der Waals surface area contributed by atoms with Crippen LogP contribution in [0.25, 0.3) is 6.08 Å². The minimum Gasteiger partial charge on any atom is -0.381 e. The Labute approximate surface area is 74.9 Å². The van der Waals surface area contributed by atoms with E-state index in [2.05, 4.69) is 4.98 Å². The summed E-state index contributed by atoms with van der Waals surface area (Å²) in [5.41, 5.74) is 5.84. The van der Waals surface area contributed by atoms with Crippen LogP contribution < -0.4 is 5.73 Å². The molecule has 2 nitrogen and oxygen atoms in total. The summed E-state index contributed by atoms with van der Waals surface area (Å²) in [5.74, 6) is -0.198. The number of nitrogens with two attached hydrogens (primary N) is 1. The van der Waals surface area contributed by atoms with Crippen molar-refractivity contribution in [3.05, 3.63) is 29.7 Å². The smallest absolute Gasteiger partial charge is 0.165 e. The second kappa shape index (κ2) is 4.07. The predicted molar refractivity (Wildman–Crippen MR) is 48.4 cm³/mol. The molecule has 0 aliphatic rings. The normalized spacial score (nSPS) is 10.8. The maximum atomic E-state index is 12.8. The van der Waals surface area contributed by atoms with Crippen LogP contribution in [0, 0.1) is 5.82 Å². The van der Waals surface area contributed by atoms with E-state index in [9.17, 15) is 4.39 Å². The van der Waals surface area contributed by atoms with Gasteiger partial charge in [-0.25, -0.2) is 9.37 Å². The summed E-state index contributed by atoms with van der Waals surface area (Å²) in [6.07, 6.45) is 4.87. The minimum atomic E-state index is -0.508. The van der Waals surface area contributed by atoms with Crippen molar-refractivity contribution in [2.24, 2.45) is 0 Å². The van der Waals surface area contributed by atoms with Crippen molar-refractivity contribution in [1.29, 1.82) is 0 Å². The highest BCUT2D eigenvalue weighted by molar-refractivity contribution is 6.19. The van der Waals surface area contributed by atoms with Crippen LogP contribution >= 0.6 is 11.6 Å². The summed E-state index contributed by atoms with van der Waals surface area (Å²) in [4.78, 5) is 3.64. The lowest BCUT2D eigenvalue weighted by atomic mass is 10.2. The average Bonchev–Trinajstić information content (AvgIpc) is 2.07. The molecule has 1 heterocycles. The number of nitrogens with zero attached hydrogens (tertiary/aromatic N) is 1. The van der Waals surface area contributed by atoms with Gasteiger partial charge in [0, 0.05) is 12.1 Å². The van der Waals surface area contributed by atoms with Crippen molar-refractivity contribution in [3.8, 4) is 0 Å². The Hall–Kier alpha value is -1.09. The van der Waals surface area contributed by atoms with Crippen molar-refractivity contribution in [3.63, 3.8) is 0 Å². The highest BCUT2D eigenvalue weighted by Crippen LogP contribution is 2.09. The number of alkyl halides is 1.